The number of ether oxygens (including phenoxy) is 3. The number of anilines is 2. The molecule has 0 heterocycles. The lowest BCUT2D eigenvalue weighted by Crippen LogP contribution is -2.38. The fourth-order valence-corrected chi connectivity index (χ4v) is 5.15. The summed E-state index contributed by atoms with van der Waals surface area (Å²) in [6.45, 7) is -0.0385. The summed E-state index contributed by atoms with van der Waals surface area (Å²) in [5, 5.41) is 2.76. The van der Waals surface area contributed by atoms with Crippen LogP contribution in [0.3, 0.4) is 0 Å². The number of nitrogens with zero attached hydrogens (tertiary/aromatic N) is 1. The maximum atomic E-state index is 13.6. The average molecular weight is 533 g/mol. The van der Waals surface area contributed by atoms with Crippen LogP contribution < -0.4 is 23.8 Å². The molecule has 0 radical (unpaired) electrons. The van der Waals surface area contributed by atoms with Crippen molar-refractivity contribution in [1.82, 2.24) is 0 Å². The third-order valence-corrected chi connectivity index (χ3v) is 7.45. The Labute approximate surface area is 222 Å². The van der Waals surface area contributed by atoms with Gasteiger partial charge in [0.05, 0.1) is 24.8 Å². The standard InChI is InChI=1S/C29H28N2O6S/c1-35-27-18-15-24(19-28(27)36-2)31(38(33,34)26-11-7-4-8-12-26)20-29(32)30-23-13-16-25(17-14-23)37-21-22-9-5-3-6-10-22/h3-19H,20-21H2,1-2H3,(H,30,32). The molecule has 0 aliphatic heterocycles. The van der Waals surface area contributed by atoms with Gasteiger partial charge in [0.25, 0.3) is 10.0 Å². The number of amides is 1. The average Bonchev–Trinajstić information content (AvgIpc) is 2.96. The molecule has 0 saturated carbocycles. The second-order valence-corrected chi connectivity index (χ2v) is 10.1. The van der Waals surface area contributed by atoms with Gasteiger partial charge in [-0.15, -0.1) is 0 Å². The molecule has 0 aliphatic rings. The van der Waals surface area contributed by atoms with Gasteiger partial charge in [-0.25, -0.2) is 8.42 Å². The lowest BCUT2D eigenvalue weighted by Gasteiger charge is -2.25. The van der Waals surface area contributed by atoms with Crippen LogP contribution in [0.2, 0.25) is 0 Å². The van der Waals surface area contributed by atoms with Gasteiger partial charge < -0.3 is 19.5 Å². The highest BCUT2D eigenvalue weighted by atomic mass is 32.2. The molecule has 0 unspecified atom stereocenters. The summed E-state index contributed by atoms with van der Waals surface area (Å²) in [7, 11) is -1.13. The van der Waals surface area contributed by atoms with Crippen molar-refractivity contribution in [1.29, 1.82) is 0 Å². The van der Waals surface area contributed by atoms with Crippen molar-refractivity contribution in [2.75, 3.05) is 30.4 Å². The maximum Gasteiger partial charge on any atom is 0.264 e. The van der Waals surface area contributed by atoms with E-state index in [2.05, 4.69) is 5.32 Å². The highest BCUT2D eigenvalue weighted by Gasteiger charge is 2.28. The third-order valence-electron chi connectivity index (χ3n) is 5.66. The van der Waals surface area contributed by atoms with E-state index in [1.807, 2.05) is 30.3 Å². The summed E-state index contributed by atoms with van der Waals surface area (Å²) in [5.41, 5.74) is 1.80. The molecule has 0 aliphatic carbocycles. The van der Waals surface area contributed by atoms with E-state index >= 15 is 0 Å². The molecule has 0 saturated heterocycles. The Kier molecular flexibility index (Phi) is 8.50. The van der Waals surface area contributed by atoms with Crippen LogP contribution in [0.15, 0.2) is 108 Å². The normalized spacial score (nSPS) is 10.9. The fraction of sp³-hybridized carbons (Fsp3) is 0.138. The van der Waals surface area contributed by atoms with E-state index in [-0.39, 0.29) is 10.6 Å². The molecular weight excluding hydrogens is 504 g/mol. The van der Waals surface area contributed by atoms with Crippen LogP contribution in [0.1, 0.15) is 5.56 Å². The Bertz CT molecular complexity index is 1460. The molecule has 0 atom stereocenters. The molecule has 9 heteroatoms. The first-order valence-corrected chi connectivity index (χ1v) is 13.2. The van der Waals surface area contributed by atoms with Crippen molar-refractivity contribution in [3.63, 3.8) is 0 Å². The number of sulfonamides is 1. The van der Waals surface area contributed by atoms with E-state index in [0.29, 0.717) is 29.5 Å². The lowest BCUT2D eigenvalue weighted by atomic mass is 10.2. The summed E-state index contributed by atoms with van der Waals surface area (Å²) in [6.07, 6.45) is 0. The molecule has 8 nitrogen and oxygen atoms in total. The van der Waals surface area contributed by atoms with Gasteiger partial charge in [0.15, 0.2) is 11.5 Å². The molecule has 1 N–H and O–H groups in total. The fourth-order valence-electron chi connectivity index (χ4n) is 3.72. The van der Waals surface area contributed by atoms with Gasteiger partial charge in [-0.05, 0) is 54.1 Å². The predicted octanol–water partition coefficient (Wildman–Crippen LogP) is 5.12. The summed E-state index contributed by atoms with van der Waals surface area (Å²) in [4.78, 5) is 13.1. The second-order valence-electron chi connectivity index (χ2n) is 8.21. The zero-order valence-electron chi connectivity index (χ0n) is 21.0. The zero-order valence-corrected chi connectivity index (χ0v) is 21.9. The van der Waals surface area contributed by atoms with Gasteiger partial charge >= 0.3 is 0 Å². The molecule has 4 aromatic rings. The molecule has 0 spiro atoms. The lowest BCUT2D eigenvalue weighted by molar-refractivity contribution is -0.114. The first kappa shape index (κ1) is 26.6. The summed E-state index contributed by atoms with van der Waals surface area (Å²) >= 11 is 0. The van der Waals surface area contributed by atoms with Crippen LogP contribution in [0.5, 0.6) is 17.2 Å². The predicted molar refractivity (Wildman–Crippen MR) is 146 cm³/mol. The first-order valence-electron chi connectivity index (χ1n) is 11.8. The van der Waals surface area contributed by atoms with Crippen LogP contribution in [0.4, 0.5) is 11.4 Å². The number of carbonyl (C=O) groups excluding carboxylic acids is 1. The van der Waals surface area contributed by atoms with Crippen LogP contribution in [0.25, 0.3) is 0 Å². The van der Waals surface area contributed by atoms with Gasteiger partial charge in [0, 0.05) is 11.8 Å². The molecule has 0 aromatic heterocycles. The van der Waals surface area contributed by atoms with Gasteiger partial charge in [-0.1, -0.05) is 48.5 Å². The number of methoxy groups -OCH3 is 2. The maximum absolute atomic E-state index is 13.6. The Hall–Kier alpha value is -4.50. The second kappa shape index (κ2) is 12.2. The third kappa shape index (κ3) is 6.43. The number of nitrogens with one attached hydrogen (secondary N) is 1. The van der Waals surface area contributed by atoms with Gasteiger partial charge in [-0.3, -0.25) is 9.10 Å². The molecule has 0 fully saturated rings. The Morgan fingerprint density at radius 3 is 2.05 bits per heavy atom. The number of benzene rings is 4. The smallest absolute Gasteiger partial charge is 0.264 e. The molecule has 196 valence electrons. The minimum Gasteiger partial charge on any atom is -0.493 e. The largest absolute Gasteiger partial charge is 0.493 e. The highest BCUT2D eigenvalue weighted by Crippen LogP contribution is 2.33. The van der Waals surface area contributed by atoms with Crippen LogP contribution in [-0.2, 0) is 21.4 Å². The van der Waals surface area contributed by atoms with Crippen molar-refractivity contribution in [3.05, 3.63) is 109 Å². The van der Waals surface area contributed by atoms with Crippen molar-refractivity contribution in [2.24, 2.45) is 0 Å². The van der Waals surface area contributed by atoms with Crippen LogP contribution in [0, 0.1) is 0 Å². The van der Waals surface area contributed by atoms with E-state index < -0.39 is 22.5 Å². The Morgan fingerprint density at radius 2 is 1.42 bits per heavy atom. The van der Waals surface area contributed by atoms with E-state index in [1.165, 1.54) is 32.4 Å². The van der Waals surface area contributed by atoms with E-state index in [4.69, 9.17) is 14.2 Å². The first-order chi connectivity index (χ1) is 18.4. The van der Waals surface area contributed by atoms with E-state index in [1.54, 1.807) is 54.6 Å². The van der Waals surface area contributed by atoms with Gasteiger partial charge in [0.1, 0.15) is 18.9 Å². The van der Waals surface area contributed by atoms with Crippen LogP contribution in [-0.4, -0.2) is 35.1 Å². The molecule has 0 bridgehead atoms. The minimum absolute atomic E-state index is 0.0579. The van der Waals surface area contributed by atoms with Gasteiger partial charge in [0.2, 0.25) is 5.91 Å². The quantitative estimate of drug-likeness (QED) is 0.288. The van der Waals surface area contributed by atoms with Crippen molar-refractivity contribution in [3.8, 4) is 17.2 Å². The van der Waals surface area contributed by atoms with Crippen LogP contribution >= 0.6 is 0 Å². The number of hydrogen-bond acceptors (Lipinski definition) is 6. The van der Waals surface area contributed by atoms with E-state index in [9.17, 15) is 13.2 Å². The Morgan fingerprint density at radius 1 is 0.789 bits per heavy atom. The molecule has 1 amide bonds. The van der Waals surface area contributed by atoms with Crippen molar-refractivity contribution >= 4 is 27.3 Å². The Balaban J connectivity index is 1.52. The van der Waals surface area contributed by atoms with E-state index in [0.717, 1.165) is 9.87 Å². The number of rotatable bonds is 11. The highest BCUT2D eigenvalue weighted by molar-refractivity contribution is 7.92. The summed E-state index contributed by atoms with van der Waals surface area (Å²) in [6, 6.07) is 29.3. The summed E-state index contributed by atoms with van der Waals surface area (Å²) in [5.74, 6) is 0.903. The molecule has 4 rings (SSSR count). The SMILES string of the molecule is COc1ccc(N(CC(=O)Nc2ccc(OCc3ccccc3)cc2)S(=O)(=O)c2ccccc2)cc1OC. The molecule has 38 heavy (non-hydrogen) atoms. The monoisotopic (exact) mass is 532 g/mol. The summed E-state index contributed by atoms with van der Waals surface area (Å²) < 4.78 is 44.6. The molecule has 4 aromatic carbocycles. The zero-order chi connectivity index (χ0) is 27.0. The van der Waals surface area contributed by atoms with Gasteiger partial charge in [-0.2, -0.15) is 0 Å². The number of hydrogen-bond donors (Lipinski definition) is 1. The number of carbonyl (C=O) groups is 1. The topological polar surface area (TPSA) is 94.2 Å². The molecular formula is C29H28N2O6S. The van der Waals surface area contributed by atoms with Crippen molar-refractivity contribution < 1.29 is 27.4 Å². The van der Waals surface area contributed by atoms with Crippen molar-refractivity contribution in [2.45, 2.75) is 11.5 Å². The minimum atomic E-state index is -4.07.